The zero-order chi connectivity index (χ0) is 11.1. The van der Waals surface area contributed by atoms with Crippen LogP contribution in [0.15, 0.2) is 11.3 Å². The third kappa shape index (κ3) is 3.57. The van der Waals surface area contributed by atoms with Crippen molar-refractivity contribution in [3.05, 3.63) is 11.3 Å². The van der Waals surface area contributed by atoms with Gasteiger partial charge in [-0.3, -0.25) is 0 Å². The Labute approximate surface area is 91.9 Å². The van der Waals surface area contributed by atoms with E-state index in [1.54, 1.807) is 0 Å². The lowest BCUT2D eigenvalue weighted by molar-refractivity contribution is -0.138. The zero-order valence-electron chi connectivity index (χ0n) is 9.77. The van der Waals surface area contributed by atoms with Crippen molar-refractivity contribution >= 4 is 5.97 Å². The highest BCUT2D eigenvalue weighted by molar-refractivity contribution is 5.89. The standard InChI is InChI=1S/C12H21NO2/c1-3-7-10(12(14)15-4-2)11-8-5-6-9-13-11/h13H,3-9H2,1-2H3/b11-10-. The summed E-state index contributed by atoms with van der Waals surface area (Å²) in [4.78, 5) is 11.7. The summed E-state index contributed by atoms with van der Waals surface area (Å²) in [5.74, 6) is -0.135. The van der Waals surface area contributed by atoms with Crippen LogP contribution in [0.3, 0.4) is 0 Å². The van der Waals surface area contributed by atoms with Crippen molar-refractivity contribution < 1.29 is 9.53 Å². The number of piperidine rings is 1. The van der Waals surface area contributed by atoms with Gasteiger partial charge in [-0.25, -0.2) is 4.79 Å². The van der Waals surface area contributed by atoms with Crippen LogP contribution in [0.5, 0.6) is 0 Å². The molecule has 0 unspecified atom stereocenters. The molecule has 1 N–H and O–H groups in total. The van der Waals surface area contributed by atoms with Crippen LogP contribution in [-0.4, -0.2) is 19.1 Å². The molecule has 0 radical (unpaired) electrons. The van der Waals surface area contributed by atoms with E-state index >= 15 is 0 Å². The van der Waals surface area contributed by atoms with Crippen LogP contribution < -0.4 is 5.32 Å². The number of carbonyl (C=O) groups is 1. The van der Waals surface area contributed by atoms with Gasteiger partial charge in [0.05, 0.1) is 12.2 Å². The van der Waals surface area contributed by atoms with Gasteiger partial charge >= 0.3 is 5.97 Å². The van der Waals surface area contributed by atoms with Gasteiger partial charge in [-0.2, -0.15) is 0 Å². The first-order valence-electron chi connectivity index (χ1n) is 5.92. The van der Waals surface area contributed by atoms with Gasteiger partial charge in [0.2, 0.25) is 0 Å². The minimum Gasteiger partial charge on any atom is -0.463 e. The normalized spacial score (nSPS) is 19.3. The molecular weight excluding hydrogens is 190 g/mol. The first-order valence-corrected chi connectivity index (χ1v) is 5.92. The summed E-state index contributed by atoms with van der Waals surface area (Å²) < 4.78 is 5.07. The summed E-state index contributed by atoms with van der Waals surface area (Å²) in [5, 5.41) is 3.32. The Morgan fingerprint density at radius 2 is 2.20 bits per heavy atom. The van der Waals surface area contributed by atoms with Gasteiger partial charge < -0.3 is 10.1 Å². The van der Waals surface area contributed by atoms with Crippen molar-refractivity contribution in [2.75, 3.05) is 13.2 Å². The number of hydrogen-bond donors (Lipinski definition) is 1. The summed E-state index contributed by atoms with van der Waals surface area (Å²) in [6.07, 6.45) is 5.18. The van der Waals surface area contributed by atoms with Crippen LogP contribution >= 0.6 is 0 Å². The fourth-order valence-electron chi connectivity index (χ4n) is 1.86. The zero-order valence-corrected chi connectivity index (χ0v) is 9.77. The topological polar surface area (TPSA) is 38.3 Å². The fourth-order valence-corrected chi connectivity index (χ4v) is 1.86. The average molecular weight is 211 g/mol. The van der Waals surface area contributed by atoms with E-state index < -0.39 is 0 Å². The Morgan fingerprint density at radius 1 is 1.40 bits per heavy atom. The number of carbonyl (C=O) groups excluding carboxylic acids is 1. The number of rotatable bonds is 4. The monoisotopic (exact) mass is 211 g/mol. The average Bonchev–Trinajstić information content (AvgIpc) is 2.27. The van der Waals surface area contributed by atoms with E-state index in [-0.39, 0.29) is 5.97 Å². The van der Waals surface area contributed by atoms with E-state index in [1.807, 2.05) is 6.92 Å². The van der Waals surface area contributed by atoms with Crippen molar-refractivity contribution in [2.45, 2.75) is 46.0 Å². The Morgan fingerprint density at radius 3 is 2.73 bits per heavy atom. The van der Waals surface area contributed by atoms with Gasteiger partial charge in [0.1, 0.15) is 0 Å². The summed E-state index contributed by atoms with van der Waals surface area (Å²) in [5.41, 5.74) is 1.97. The second kappa shape index (κ2) is 6.49. The lowest BCUT2D eigenvalue weighted by Crippen LogP contribution is -2.24. The van der Waals surface area contributed by atoms with Crippen LogP contribution in [0, 0.1) is 0 Å². The number of esters is 1. The molecule has 1 fully saturated rings. The molecule has 3 nitrogen and oxygen atoms in total. The predicted octanol–water partition coefficient (Wildman–Crippen LogP) is 2.38. The highest BCUT2D eigenvalue weighted by Crippen LogP contribution is 2.19. The highest BCUT2D eigenvalue weighted by atomic mass is 16.5. The molecule has 1 heterocycles. The molecule has 0 aliphatic carbocycles. The van der Waals surface area contributed by atoms with Crippen LogP contribution in [0.1, 0.15) is 46.0 Å². The quantitative estimate of drug-likeness (QED) is 0.573. The third-order valence-corrected chi connectivity index (χ3v) is 2.58. The molecule has 0 atom stereocenters. The molecule has 15 heavy (non-hydrogen) atoms. The van der Waals surface area contributed by atoms with Gasteiger partial charge in [-0.05, 0) is 32.6 Å². The molecular formula is C12H21NO2. The molecule has 1 aliphatic heterocycles. The lowest BCUT2D eigenvalue weighted by atomic mass is 10.0. The first kappa shape index (κ1) is 12.1. The van der Waals surface area contributed by atoms with E-state index in [0.29, 0.717) is 6.61 Å². The molecule has 1 aliphatic rings. The second-order valence-electron chi connectivity index (χ2n) is 3.81. The maximum atomic E-state index is 11.7. The minimum absolute atomic E-state index is 0.135. The molecule has 0 aromatic heterocycles. The van der Waals surface area contributed by atoms with Crippen LogP contribution in [0.25, 0.3) is 0 Å². The molecule has 0 saturated carbocycles. The summed E-state index contributed by atoms with van der Waals surface area (Å²) in [6, 6.07) is 0. The van der Waals surface area contributed by atoms with Gasteiger partial charge in [0, 0.05) is 12.2 Å². The minimum atomic E-state index is -0.135. The summed E-state index contributed by atoms with van der Waals surface area (Å²) in [6.45, 7) is 5.38. The largest absolute Gasteiger partial charge is 0.463 e. The van der Waals surface area contributed by atoms with E-state index in [9.17, 15) is 4.79 Å². The maximum absolute atomic E-state index is 11.7. The van der Waals surface area contributed by atoms with E-state index in [0.717, 1.165) is 37.1 Å². The molecule has 0 aromatic carbocycles. The SMILES string of the molecule is CCC/C(C(=O)OCC)=C1\CCCCN1. The van der Waals surface area contributed by atoms with E-state index in [2.05, 4.69) is 12.2 Å². The van der Waals surface area contributed by atoms with Gasteiger partial charge in [-0.15, -0.1) is 0 Å². The molecule has 0 spiro atoms. The van der Waals surface area contributed by atoms with Crippen molar-refractivity contribution in [3.63, 3.8) is 0 Å². The van der Waals surface area contributed by atoms with E-state index in [4.69, 9.17) is 4.74 Å². The van der Waals surface area contributed by atoms with Gasteiger partial charge in [-0.1, -0.05) is 13.3 Å². The second-order valence-corrected chi connectivity index (χ2v) is 3.81. The number of nitrogens with one attached hydrogen (secondary N) is 1. The number of hydrogen-bond acceptors (Lipinski definition) is 3. The van der Waals surface area contributed by atoms with Crippen molar-refractivity contribution in [1.29, 1.82) is 0 Å². The molecule has 0 aromatic rings. The fraction of sp³-hybridized carbons (Fsp3) is 0.750. The third-order valence-electron chi connectivity index (χ3n) is 2.58. The van der Waals surface area contributed by atoms with Gasteiger partial charge in [0.25, 0.3) is 0 Å². The Hall–Kier alpha value is -0.990. The Balaban J connectivity index is 2.73. The molecule has 0 bridgehead atoms. The number of ether oxygens (including phenoxy) is 1. The molecule has 1 rings (SSSR count). The van der Waals surface area contributed by atoms with E-state index in [1.165, 1.54) is 12.8 Å². The number of allylic oxidation sites excluding steroid dienone is 1. The van der Waals surface area contributed by atoms with Crippen LogP contribution in [-0.2, 0) is 9.53 Å². The molecule has 86 valence electrons. The summed E-state index contributed by atoms with van der Waals surface area (Å²) >= 11 is 0. The summed E-state index contributed by atoms with van der Waals surface area (Å²) in [7, 11) is 0. The van der Waals surface area contributed by atoms with Crippen molar-refractivity contribution in [3.8, 4) is 0 Å². The predicted molar refractivity (Wildman–Crippen MR) is 60.4 cm³/mol. The Kier molecular flexibility index (Phi) is 5.22. The smallest absolute Gasteiger partial charge is 0.335 e. The first-order chi connectivity index (χ1) is 7.29. The highest BCUT2D eigenvalue weighted by Gasteiger charge is 2.17. The maximum Gasteiger partial charge on any atom is 0.335 e. The lowest BCUT2D eigenvalue weighted by Gasteiger charge is -2.20. The molecule has 3 heteroatoms. The van der Waals surface area contributed by atoms with Crippen LogP contribution in [0.4, 0.5) is 0 Å². The Bertz CT molecular complexity index is 238. The van der Waals surface area contributed by atoms with Crippen molar-refractivity contribution in [2.24, 2.45) is 0 Å². The van der Waals surface area contributed by atoms with Gasteiger partial charge in [0.15, 0.2) is 0 Å². The molecule has 1 saturated heterocycles. The molecule has 0 amide bonds. The van der Waals surface area contributed by atoms with Crippen molar-refractivity contribution in [1.82, 2.24) is 5.32 Å². The van der Waals surface area contributed by atoms with Crippen LogP contribution in [0.2, 0.25) is 0 Å².